The van der Waals surface area contributed by atoms with Crippen molar-refractivity contribution in [3.63, 3.8) is 0 Å². The zero-order valence-corrected chi connectivity index (χ0v) is 7.93. The van der Waals surface area contributed by atoms with Crippen LogP contribution in [0.5, 0.6) is 0 Å². The van der Waals surface area contributed by atoms with E-state index in [9.17, 15) is 0 Å². The summed E-state index contributed by atoms with van der Waals surface area (Å²) in [5.41, 5.74) is 6.48. The number of nitrogens with zero attached hydrogens (tertiary/aromatic N) is 2. The van der Waals surface area contributed by atoms with Crippen LogP contribution in [0.2, 0.25) is 0 Å². The highest BCUT2D eigenvalue weighted by Crippen LogP contribution is 2.09. The number of aliphatic imine (C=N–C) groups is 1. The van der Waals surface area contributed by atoms with Crippen LogP contribution in [-0.2, 0) is 0 Å². The normalized spacial score (nSPS) is 11.7. The Hall–Kier alpha value is -1.03. The fraction of sp³-hybridized carbons (Fsp3) is 0.250. The Morgan fingerprint density at radius 2 is 2.33 bits per heavy atom. The number of nitrogens with two attached hydrogens (primary N) is 1. The summed E-state index contributed by atoms with van der Waals surface area (Å²) in [6.45, 7) is 1.92. The second-order valence-electron chi connectivity index (χ2n) is 2.29. The molecule has 0 unspecified atom stereocenters. The van der Waals surface area contributed by atoms with Crippen molar-refractivity contribution in [1.29, 1.82) is 0 Å². The van der Waals surface area contributed by atoms with Gasteiger partial charge in [-0.1, -0.05) is 17.8 Å². The average Bonchev–Trinajstić information content (AvgIpc) is 2.04. The number of amidine groups is 1. The summed E-state index contributed by atoms with van der Waals surface area (Å²) in [6, 6.07) is 5.67. The van der Waals surface area contributed by atoms with Crippen LogP contribution in [0.4, 0.5) is 5.82 Å². The van der Waals surface area contributed by atoms with E-state index in [1.165, 1.54) is 11.8 Å². The lowest BCUT2D eigenvalue weighted by atomic mass is 10.4. The van der Waals surface area contributed by atoms with E-state index in [0.717, 1.165) is 5.69 Å². The third-order valence-electron chi connectivity index (χ3n) is 1.31. The monoisotopic (exact) mass is 181 g/mol. The maximum absolute atomic E-state index is 5.53. The van der Waals surface area contributed by atoms with Crippen LogP contribution in [0, 0.1) is 6.92 Å². The van der Waals surface area contributed by atoms with E-state index < -0.39 is 0 Å². The fourth-order valence-electron chi connectivity index (χ4n) is 0.749. The van der Waals surface area contributed by atoms with E-state index in [1.807, 2.05) is 31.4 Å². The Bertz CT molecular complexity index is 296. The molecule has 0 spiro atoms. The molecule has 64 valence electrons. The number of thioether (sulfide) groups is 1. The molecule has 2 N–H and O–H groups in total. The maximum Gasteiger partial charge on any atom is 0.160 e. The van der Waals surface area contributed by atoms with E-state index >= 15 is 0 Å². The molecule has 1 aromatic heterocycles. The first-order valence-corrected chi connectivity index (χ1v) is 4.76. The van der Waals surface area contributed by atoms with Crippen molar-refractivity contribution in [2.75, 3.05) is 6.26 Å². The molecule has 12 heavy (non-hydrogen) atoms. The third-order valence-corrected chi connectivity index (χ3v) is 1.82. The van der Waals surface area contributed by atoms with Gasteiger partial charge in [-0.2, -0.15) is 0 Å². The average molecular weight is 181 g/mol. The molecule has 0 aliphatic heterocycles. The van der Waals surface area contributed by atoms with Gasteiger partial charge in [0.25, 0.3) is 0 Å². The smallest absolute Gasteiger partial charge is 0.160 e. The number of aromatic nitrogens is 1. The molecular formula is C8H11N3S. The van der Waals surface area contributed by atoms with Gasteiger partial charge in [-0.25, -0.2) is 9.98 Å². The molecule has 0 atom stereocenters. The predicted octanol–water partition coefficient (Wildman–Crippen LogP) is 1.70. The molecular weight excluding hydrogens is 170 g/mol. The Labute approximate surface area is 76.1 Å². The highest BCUT2D eigenvalue weighted by atomic mass is 32.2. The molecule has 0 saturated heterocycles. The van der Waals surface area contributed by atoms with Crippen molar-refractivity contribution < 1.29 is 0 Å². The van der Waals surface area contributed by atoms with Gasteiger partial charge in [-0.15, -0.1) is 0 Å². The summed E-state index contributed by atoms with van der Waals surface area (Å²) >= 11 is 1.41. The first kappa shape index (κ1) is 9.06. The van der Waals surface area contributed by atoms with E-state index in [-0.39, 0.29) is 0 Å². The largest absolute Gasteiger partial charge is 0.378 e. The van der Waals surface area contributed by atoms with Gasteiger partial charge in [0.1, 0.15) is 0 Å². The Morgan fingerprint density at radius 3 is 2.92 bits per heavy atom. The fourth-order valence-corrected chi connectivity index (χ4v) is 0.934. The molecule has 3 nitrogen and oxygen atoms in total. The van der Waals surface area contributed by atoms with E-state index in [0.29, 0.717) is 11.0 Å². The number of rotatable bonds is 1. The highest BCUT2D eigenvalue weighted by molar-refractivity contribution is 8.13. The van der Waals surface area contributed by atoms with Gasteiger partial charge in [0.2, 0.25) is 0 Å². The molecule has 0 saturated carbocycles. The van der Waals surface area contributed by atoms with Crippen molar-refractivity contribution in [2.45, 2.75) is 6.92 Å². The molecule has 0 aromatic carbocycles. The molecule has 1 rings (SSSR count). The van der Waals surface area contributed by atoms with Crippen molar-refractivity contribution in [2.24, 2.45) is 10.7 Å². The number of hydrogen-bond donors (Lipinski definition) is 1. The zero-order valence-electron chi connectivity index (χ0n) is 7.11. The first-order chi connectivity index (χ1) is 5.72. The van der Waals surface area contributed by atoms with Crippen molar-refractivity contribution in [3.8, 4) is 0 Å². The molecule has 1 heterocycles. The van der Waals surface area contributed by atoms with Gasteiger partial charge in [-0.3, -0.25) is 0 Å². The lowest BCUT2D eigenvalue weighted by molar-refractivity contribution is 1.18. The Balaban J connectivity index is 2.89. The van der Waals surface area contributed by atoms with Crippen molar-refractivity contribution in [1.82, 2.24) is 4.98 Å². The van der Waals surface area contributed by atoms with Gasteiger partial charge in [0.15, 0.2) is 11.0 Å². The molecule has 0 aliphatic carbocycles. The number of pyridine rings is 1. The van der Waals surface area contributed by atoms with Crippen LogP contribution >= 0.6 is 11.8 Å². The van der Waals surface area contributed by atoms with Gasteiger partial charge >= 0.3 is 0 Å². The van der Waals surface area contributed by atoms with Crippen LogP contribution in [0.15, 0.2) is 23.2 Å². The molecule has 0 fully saturated rings. The second-order valence-corrected chi connectivity index (χ2v) is 3.12. The standard InChI is InChI=1S/C8H11N3S/c1-6-4-3-5-7(10-6)11-8(9)12-2/h3-5H,1-2H3,(H2,9,10,11). The minimum atomic E-state index is 0.535. The molecule has 0 bridgehead atoms. The van der Waals surface area contributed by atoms with Crippen LogP contribution < -0.4 is 5.73 Å². The van der Waals surface area contributed by atoms with E-state index in [2.05, 4.69) is 9.98 Å². The predicted molar refractivity (Wildman–Crippen MR) is 53.8 cm³/mol. The molecule has 4 heteroatoms. The van der Waals surface area contributed by atoms with Crippen LogP contribution in [0.1, 0.15) is 5.69 Å². The maximum atomic E-state index is 5.53. The molecule has 1 aromatic rings. The summed E-state index contributed by atoms with van der Waals surface area (Å²) in [4.78, 5) is 8.26. The molecule has 0 radical (unpaired) electrons. The quantitative estimate of drug-likeness (QED) is 0.530. The third kappa shape index (κ3) is 2.54. The van der Waals surface area contributed by atoms with Gasteiger partial charge in [0, 0.05) is 5.69 Å². The zero-order chi connectivity index (χ0) is 8.97. The lowest BCUT2D eigenvalue weighted by Crippen LogP contribution is -2.04. The minimum absolute atomic E-state index is 0.535. The second kappa shape index (κ2) is 4.11. The highest BCUT2D eigenvalue weighted by Gasteiger charge is 1.92. The summed E-state index contributed by atoms with van der Waals surface area (Å²) < 4.78 is 0. The minimum Gasteiger partial charge on any atom is -0.378 e. The number of aryl methyl sites for hydroxylation is 1. The lowest BCUT2D eigenvalue weighted by Gasteiger charge is -1.96. The van der Waals surface area contributed by atoms with Crippen LogP contribution in [0.3, 0.4) is 0 Å². The van der Waals surface area contributed by atoms with Gasteiger partial charge < -0.3 is 5.73 Å². The summed E-state index contributed by atoms with van der Waals surface area (Å²) in [6.07, 6.45) is 1.88. The van der Waals surface area contributed by atoms with Crippen molar-refractivity contribution in [3.05, 3.63) is 23.9 Å². The molecule has 0 amide bonds. The van der Waals surface area contributed by atoms with Crippen LogP contribution in [-0.4, -0.2) is 16.4 Å². The Morgan fingerprint density at radius 1 is 1.58 bits per heavy atom. The summed E-state index contributed by atoms with van der Waals surface area (Å²) in [5, 5.41) is 0.535. The van der Waals surface area contributed by atoms with E-state index in [1.54, 1.807) is 0 Å². The SMILES string of the molecule is CSC(N)=Nc1cccc(C)n1. The van der Waals surface area contributed by atoms with Gasteiger partial charge in [-0.05, 0) is 25.3 Å². The topological polar surface area (TPSA) is 51.3 Å². The Kier molecular flexibility index (Phi) is 3.10. The van der Waals surface area contributed by atoms with E-state index in [4.69, 9.17) is 5.73 Å². The molecule has 0 aliphatic rings. The van der Waals surface area contributed by atoms with Crippen molar-refractivity contribution >= 4 is 22.7 Å². The summed E-state index contributed by atoms with van der Waals surface area (Å²) in [7, 11) is 0. The van der Waals surface area contributed by atoms with Crippen LogP contribution in [0.25, 0.3) is 0 Å². The first-order valence-electron chi connectivity index (χ1n) is 3.54. The number of hydrogen-bond acceptors (Lipinski definition) is 3. The van der Waals surface area contributed by atoms with Gasteiger partial charge in [0.05, 0.1) is 0 Å². The summed E-state index contributed by atoms with van der Waals surface area (Å²) in [5.74, 6) is 0.668.